The Morgan fingerprint density at radius 1 is 1.28 bits per heavy atom. The van der Waals surface area contributed by atoms with Gasteiger partial charge in [-0.2, -0.15) is 0 Å². The molecule has 3 N–H and O–H groups in total. The van der Waals surface area contributed by atoms with E-state index in [0.29, 0.717) is 17.8 Å². The van der Waals surface area contributed by atoms with Crippen molar-refractivity contribution in [2.24, 2.45) is 0 Å². The lowest BCUT2D eigenvalue weighted by molar-refractivity contribution is -0.121. The molecule has 0 spiro atoms. The van der Waals surface area contributed by atoms with Crippen LogP contribution in [0.5, 0.6) is 0 Å². The Balaban J connectivity index is 2.81. The average molecular weight is 249 g/mol. The van der Waals surface area contributed by atoms with Crippen molar-refractivity contribution in [2.75, 3.05) is 25.9 Å². The molecule has 1 rings (SSSR count). The van der Waals surface area contributed by atoms with Gasteiger partial charge in [0.15, 0.2) is 0 Å². The van der Waals surface area contributed by atoms with Crippen LogP contribution >= 0.6 is 0 Å². The standard InChI is InChI=1S/C13H19N3O2/c1-3-8-16(9-12(17)15-2)13(18)10-4-6-11(14)7-5-10/h4-7H,3,8-9,14H2,1-2H3,(H,15,17). The Morgan fingerprint density at radius 3 is 2.39 bits per heavy atom. The fraction of sp³-hybridized carbons (Fsp3) is 0.385. The van der Waals surface area contributed by atoms with Crippen molar-refractivity contribution in [2.45, 2.75) is 13.3 Å². The Bertz CT molecular complexity index is 415. The van der Waals surface area contributed by atoms with Crippen LogP contribution in [0.3, 0.4) is 0 Å². The van der Waals surface area contributed by atoms with Crippen LogP contribution in [0.2, 0.25) is 0 Å². The number of hydrogen-bond acceptors (Lipinski definition) is 3. The Labute approximate surface area is 107 Å². The van der Waals surface area contributed by atoms with E-state index < -0.39 is 0 Å². The lowest BCUT2D eigenvalue weighted by Gasteiger charge is -2.21. The summed E-state index contributed by atoms with van der Waals surface area (Å²) in [6.45, 7) is 2.59. The first-order valence-electron chi connectivity index (χ1n) is 5.94. The van der Waals surface area contributed by atoms with Gasteiger partial charge in [0.1, 0.15) is 0 Å². The SMILES string of the molecule is CCCN(CC(=O)NC)C(=O)c1ccc(N)cc1. The van der Waals surface area contributed by atoms with Gasteiger partial charge in [-0.3, -0.25) is 9.59 Å². The van der Waals surface area contributed by atoms with Crippen molar-refractivity contribution in [1.82, 2.24) is 10.2 Å². The van der Waals surface area contributed by atoms with Crippen LogP contribution in [-0.4, -0.2) is 36.9 Å². The number of carbonyl (C=O) groups excluding carboxylic acids is 2. The van der Waals surface area contributed by atoms with Crippen LogP contribution in [-0.2, 0) is 4.79 Å². The molecule has 0 saturated carbocycles. The molecule has 5 nitrogen and oxygen atoms in total. The smallest absolute Gasteiger partial charge is 0.254 e. The van der Waals surface area contributed by atoms with Crippen LogP contribution < -0.4 is 11.1 Å². The Kier molecular flexibility index (Phi) is 5.17. The molecule has 0 aliphatic carbocycles. The number of anilines is 1. The molecule has 5 heteroatoms. The number of carbonyl (C=O) groups is 2. The zero-order valence-electron chi connectivity index (χ0n) is 10.8. The van der Waals surface area contributed by atoms with Gasteiger partial charge in [-0.05, 0) is 30.7 Å². The first-order chi connectivity index (χ1) is 8.58. The second kappa shape index (κ2) is 6.64. The number of nitrogens with zero attached hydrogens (tertiary/aromatic N) is 1. The third kappa shape index (κ3) is 3.76. The minimum atomic E-state index is -0.174. The Morgan fingerprint density at radius 2 is 1.89 bits per heavy atom. The lowest BCUT2D eigenvalue weighted by atomic mass is 10.1. The lowest BCUT2D eigenvalue weighted by Crippen LogP contribution is -2.40. The molecule has 0 atom stereocenters. The molecule has 0 aliphatic heterocycles. The van der Waals surface area contributed by atoms with Gasteiger partial charge in [-0.1, -0.05) is 6.92 Å². The fourth-order valence-corrected chi connectivity index (χ4v) is 1.58. The summed E-state index contributed by atoms with van der Waals surface area (Å²) in [5.41, 5.74) is 6.73. The van der Waals surface area contributed by atoms with Gasteiger partial charge in [-0.25, -0.2) is 0 Å². The third-order valence-corrected chi connectivity index (χ3v) is 2.55. The van der Waals surface area contributed by atoms with Crippen molar-refractivity contribution in [1.29, 1.82) is 0 Å². The molecular formula is C13H19N3O2. The van der Waals surface area contributed by atoms with E-state index in [1.165, 1.54) is 4.90 Å². The quantitative estimate of drug-likeness (QED) is 0.760. The molecule has 1 aromatic rings. The van der Waals surface area contributed by atoms with E-state index in [9.17, 15) is 9.59 Å². The zero-order chi connectivity index (χ0) is 13.5. The minimum absolute atomic E-state index is 0.0769. The highest BCUT2D eigenvalue weighted by Gasteiger charge is 2.17. The van der Waals surface area contributed by atoms with Gasteiger partial charge in [0.2, 0.25) is 5.91 Å². The molecule has 0 fully saturated rings. The normalized spacial score (nSPS) is 9.89. The maximum atomic E-state index is 12.2. The monoisotopic (exact) mass is 249 g/mol. The molecule has 98 valence electrons. The summed E-state index contributed by atoms with van der Waals surface area (Å²) in [6, 6.07) is 6.70. The highest BCUT2D eigenvalue weighted by Crippen LogP contribution is 2.09. The molecule has 1 aromatic carbocycles. The summed E-state index contributed by atoms with van der Waals surface area (Å²) in [6.07, 6.45) is 0.803. The van der Waals surface area contributed by atoms with Gasteiger partial charge in [0, 0.05) is 24.8 Å². The number of benzene rings is 1. The van der Waals surface area contributed by atoms with E-state index in [2.05, 4.69) is 5.32 Å². The number of nitrogens with one attached hydrogen (secondary N) is 1. The first kappa shape index (κ1) is 14.0. The Hall–Kier alpha value is -2.04. The van der Waals surface area contributed by atoms with Crippen LogP contribution in [0.15, 0.2) is 24.3 Å². The second-order valence-corrected chi connectivity index (χ2v) is 4.02. The topological polar surface area (TPSA) is 75.4 Å². The fourth-order valence-electron chi connectivity index (χ4n) is 1.58. The van der Waals surface area contributed by atoms with E-state index in [1.54, 1.807) is 31.3 Å². The minimum Gasteiger partial charge on any atom is -0.399 e. The van der Waals surface area contributed by atoms with Crippen molar-refractivity contribution >= 4 is 17.5 Å². The first-order valence-corrected chi connectivity index (χ1v) is 5.94. The molecule has 0 aliphatic rings. The maximum Gasteiger partial charge on any atom is 0.254 e. The summed E-state index contributed by atoms with van der Waals surface area (Å²) >= 11 is 0. The summed E-state index contributed by atoms with van der Waals surface area (Å²) in [4.78, 5) is 25.1. The highest BCUT2D eigenvalue weighted by molar-refractivity contribution is 5.96. The third-order valence-electron chi connectivity index (χ3n) is 2.55. The van der Waals surface area contributed by atoms with Gasteiger partial charge in [0.05, 0.1) is 6.54 Å². The number of amides is 2. The largest absolute Gasteiger partial charge is 0.399 e. The molecule has 0 heterocycles. The molecule has 18 heavy (non-hydrogen) atoms. The predicted octanol–water partition coefficient (Wildman–Crippen LogP) is 0.867. The van der Waals surface area contributed by atoms with Gasteiger partial charge >= 0.3 is 0 Å². The number of nitrogens with two attached hydrogens (primary N) is 1. The van der Waals surface area contributed by atoms with E-state index >= 15 is 0 Å². The van der Waals surface area contributed by atoms with Crippen molar-refractivity contribution < 1.29 is 9.59 Å². The highest BCUT2D eigenvalue weighted by atomic mass is 16.2. The van der Waals surface area contributed by atoms with Crippen molar-refractivity contribution in [3.8, 4) is 0 Å². The number of nitrogen functional groups attached to an aromatic ring is 1. The van der Waals surface area contributed by atoms with Crippen molar-refractivity contribution in [3.05, 3.63) is 29.8 Å². The second-order valence-electron chi connectivity index (χ2n) is 4.02. The van der Waals surface area contributed by atoms with Gasteiger partial charge in [-0.15, -0.1) is 0 Å². The molecule has 0 saturated heterocycles. The van der Waals surface area contributed by atoms with E-state index in [-0.39, 0.29) is 18.4 Å². The molecule has 2 amide bonds. The summed E-state index contributed by atoms with van der Waals surface area (Å²) < 4.78 is 0. The van der Waals surface area contributed by atoms with Crippen LogP contribution in [0.25, 0.3) is 0 Å². The zero-order valence-corrected chi connectivity index (χ0v) is 10.8. The van der Waals surface area contributed by atoms with Crippen molar-refractivity contribution in [3.63, 3.8) is 0 Å². The maximum absolute atomic E-state index is 12.2. The average Bonchev–Trinajstić information content (AvgIpc) is 2.38. The summed E-state index contributed by atoms with van der Waals surface area (Å²) in [5.74, 6) is -0.326. The number of rotatable bonds is 5. The predicted molar refractivity (Wildman–Crippen MR) is 71.1 cm³/mol. The molecule has 0 bridgehead atoms. The van der Waals surface area contributed by atoms with Gasteiger partial charge < -0.3 is 16.0 Å². The van der Waals surface area contributed by atoms with E-state index in [4.69, 9.17) is 5.73 Å². The number of likely N-dealkylation sites (N-methyl/N-ethyl adjacent to an activating group) is 1. The van der Waals surface area contributed by atoms with Gasteiger partial charge in [0.25, 0.3) is 5.91 Å². The van der Waals surface area contributed by atoms with E-state index in [0.717, 1.165) is 6.42 Å². The van der Waals surface area contributed by atoms with Crippen LogP contribution in [0.1, 0.15) is 23.7 Å². The van der Waals surface area contributed by atoms with E-state index in [1.807, 2.05) is 6.92 Å². The molecular weight excluding hydrogens is 230 g/mol. The molecule has 0 unspecified atom stereocenters. The molecule has 0 aromatic heterocycles. The summed E-state index contributed by atoms with van der Waals surface area (Å²) in [7, 11) is 1.56. The van der Waals surface area contributed by atoms with Crippen LogP contribution in [0, 0.1) is 0 Å². The van der Waals surface area contributed by atoms with Crippen LogP contribution in [0.4, 0.5) is 5.69 Å². The summed E-state index contributed by atoms with van der Waals surface area (Å²) in [5, 5.41) is 2.52. The molecule has 0 radical (unpaired) electrons. The number of hydrogen-bond donors (Lipinski definition) is 2.